The molecule has 0 fully saturated rings. The minimum Gasteiger partial charge on any atom is -0.383 e. The van der Waals surface area contributed by atoms with Crippen LogP contribution in [0.2, 0.25) is 5.02 Å². The number of hydrogen-bond acceptors (Lipinski definition) is 3. The molecule has 1 aromatic rings. The summed E-state index contributed by atoms with van der Waals surface area (Å²) in [5, 5.41) is 6.67. The van der Waals surface area contributed by atoms with Crippen molar-refractivity contribution in [2.24, 2.45) is 0 Å². The fraction of sp³-hybridized carbons (Fsp3) is 0.533. The summed E-state index contributed by atoms with van der Waals surface area (Å²) >= 11 is 5.88. The zero-order valence-electron chi connectivity index (χ0n) is 12.7. The highest BCUT2D eigenvalue weighted by atomic mass is 35.5. The second-order valence-corrected chi connectivity index (χ2v) is 5.77. The van der Waals surface area contributed by atoms with Crippen molar-refractivity contribution in [2.45, 2.75) is 19.3 Å². The van der Waals surface area contributed by atoms with E-state index in [1.165, 1.54) is 0 Å². The lowest BCUT2D eigenvalue weighted by Gasteiger charge is -2.25. The molecule has 0 aliphatic heterocycles. The van der Waals surface area contributed by atoms with E-state index in [1.54, 1.807) is 7.11 Å². The number of benzene rings is 1. The highest BCUT2D eigenvalue weighted by Crippen LogP contribution is 2.23. The first-order valence-electron chi connectivity index (χ1n) is 6.68. The molecule has 1 aromatic carbocycles. The summed E-state index contributed by atoms with van der Waals surface area (Å²) in [5.74, 6) is -0.0110. The number of amides is 1. The van der Waals surface area contributed by atoms with Gasteiger partial charge < -0.3 is 15.4 Å². The fourth-order valence-corrected chi connectivity index (χ4v) is 1.89. The van der Waals surface area contributed by atoms with Crippen LogP contribution in [0, 0.1) is 0 Å². The van der Waals surface area contributed by atoms with Gasteiger partial charge in [0, 0.05) is 30.6 Å². The molecular formula is C15H24Cl2N2O2. The lowest BCUT2D eigenvalue weighted by atomic mass is 9.84. The fourth-order valence-electron chi connectivity index (χ4n) is 1.76. The molecule has 0 unspecified atom stereocenters. The first-order valence-corrected chi connectivity index (χ1v) is 7.06. The van der Waals surface area contributed by atoms with Crippen LogP contribution in [0.25, 0.3) is 0 Å². The Morgan fingerprint density at radius 2 is 1.90 bits per heavy atom. The Hall–Kier alpha value is -0.810. The van der Waals surface area contributed by atoms with E-state index in [4.69, 9.17) is 16.3 Å². The number of ether oxygens (including phenoxy) is 1. The third-order valence-corrected chi connectivity index (χ3v) is 3.37. The Morgan fingerprint density at radius 3 is 2.48 bits per heavy atom. The smallest absolute Gasteiger partial charge is 0.233 e. The van der Waals surface area contributed by atoms with E-state index < -0.39 is 0 Å². The van der Waals surface area contributed by atoms with Gasteiger partial charge in [-0.25, -0.2) is 0 Å². The molecule has 0 radical (unpaired) electrons. The van der Waals surface area contributed by atoms with Gasteiger partial charge in [0.2, 0.25) is 5.91 Å². The van der Waals surface area contributed by atoms with Crippen molar-refractivity contribution in [1.82, 2.24) is 10.6 Å². The normalized spacial score (nSPS) is 10.9. The monoisotopic (exact) mass is 334 g/mol. The first kappa shape index (κ1) is 20.2. The third-order valence-electron chi connectivity index (χ3n) is 3.12. The Labute approximate surface area is 138 Å². The molecule has 1 rings (SSSR count). The van der Waals surface area contributed by atoms with Crippen molar-refractivity contribution in [3.8, 4) is 0 Å². The quantitative estimate of drug-likeness (QED) is 0.717. The van der Waals surface area contributed by atoms with Crippen LogP contribution in [0.1, 0.15) is 19.4 Å². The summed E-state index contributed by atoms with van der Waals surface area (Å²) in [4.78, 5) is 11.7. The van der Waals surface area contributed by atoms with Gasteiger partial charge in [0.25, 0.3) is 0 Å². The van der Waals surface area contributed by atoms with Gasteiger partial charge in [-0.3, -0.25) is 4.79 Å². The molecule has 120 valence electrons. The van der Waals surface area contributed by atoms with Crippen LogP contribution in [0.15, 0.2) is 24.3 Å². The van der Waals surface area contributed by atoms with Crippen LogP contribution in [0.3, 0.4) is 0 Å². The molecule has 2 N–H and O–H groups in total. The molecule has 0 atom stereocenters. The van der Waals surface area contributed by atoms with Crippen molar-refractivity contribution >= 4 is 29.9 Å². The summed E-state index contributed by atoms with van der Waals surface area (Å²) in [7, 11) is 1.64. The van der Waals surface area contributed by atoms with Crippen LogP contribution in [0.4, 0.5) is 0 Å². The Kier molecular flexibility index (Phi) is 9.62. The molecule has 0 aromatic heterocycles. The van der Waals surface area contributed by atoms with Crippen LogP contribution in [-0.4, -0.2) is 39.3 Å². The minimum atomic E-state index is -0.132. The van der Waals surface area contributed by atoms with E-state index >= 15 is 0 Å². The van der Waals surface area contributed by atoms with Crippen molar-refractivity contribution < 1.29 is 9.53 Å². The summed E-state index contributed by atoms with van der Waals surface area (Å²) in [5.41, 5.74) is 1.02. The lowest BCUT2D eigenvalue weighted by molar-refractivity contribution is -0.120. The van der Waals surface area contributed by atoms with Crippen molar-refractivity contribution in [2.75, 3.05) is 33.4 Å². The summed E-state index contributed by atoms with van der Waals surface area (Å²) in [6.45, 7) is 6.34. The van der Waals surface area contributed by atoms with Gasteiger partial charge in [0.05, 0.1) is 13.2 Å². The standard InChI is InChI=1S/C15H23ClN2O2.ClH/c1-15(2,12-4-6-13(16)7-5-12)11-18-14(19)10-17-8-9-20-3;/h4-7,17H,8-11H2,1-3H3,(H,18,19);1H. The summed E-state index contributed by atoms with van der Waals surface area (Å²) in [6, 6.07) is 7.72. The van der Waals surface area contributed by atoms with Gasteiger partial charge in [-0.15, -0.1) is 12.4 Å². The summed E-state index contributed by atoms with van der Waals surface area (Å²) < 4.78 is 4.90. The van der Waals surface area contributed by atoms with E-state index in [0.717, 1.165) is 10.6 Å². The molecule has 0 spiro atoms. The average Bonchev–Trinajstić information content (AvgIpc) is 2.42. The van der Waals surface area contributed by atoms with Crippen molar-refractivity contribution in [3.63, 3.8) is 0 Å². The lowest BCUT2D eigenvalue weighted by Crippen LogP contribution is -2.41. The SMILES string of the molecule is COCCNCC(=O)NCC(C)(C)c1ccc(Cl)cc1.Cl. The molecule has 0 bridgehead atoms. The number of nitrogens with one attached hydrogen (secondary N) is 2. The maximum absolute atomic E-state index is 11.7. The molecule has 1 amide bonds. The van der Waals surface area contributed by atoms with E-state index in [9.17, 15) is 4.79 Å². The van der Waals surface area contributed by atoms with Gasteiger partial charge in [-0.2, -0.15) is 0 Å². The Morgan fingerprint density at radius 1 is 1.29 bits per heavy atom. The van der Waals surface area contributed by atoms with Crippen molar-refractivity contribution in [1.29, 1.82) is 0 Å². The van der Waals surface area contributed by atoms with Gasteiger partial charge in [-0.05, 0) is 17.7 Å². The van der Waals surface area contributed by atoms with E-state index in [1.807, 2.05) is 24.3 Å². The second kappa shape index (κ2) is 10.0. The van der Waals surface area contributed by atoms with E-state index in [2.05, 4.69) is 24.5 Å². The largest absolute Gasteiger partial charge is 0.383 e. The van der Waals surface area contributed by atoms with Gasteiger partial charge in [-0.1, -0.05) is 37.6 Å². The Bertz CT molecular complexity index is 422. The molecular weight excluding hydrogens is 311 g/mol. The maximum Gasteiger partial charge on any atom is 0.233 e. The predicted molar refractivity (Wildman–Crippen MR) is 89.5 cm³/mol. The number of carbonyl (C=O) groups is 1. The van der Waals surface area contributed by atoms with Gasteiger partial charge in [0.1, 0.15) is 0 Å². The van der Waals surface area contributed by atoms with E-state index in [0.29, 0.717) is 26.2 Å². The first-order chi connectivity index (χ1) is 9.45. The van der Waals surface area contributed by atoms with Crippen molar-refractivity contribution in [3.05, 3.63) is 34.9 Å². The second-order valence-electron chi connectivity index (χ2n) is 5.34. The molecule has 0 heterocycles. The Balaban J connectivity index is 0.00000400. The van der Waals surface area contributed by atoms with Crippen LogP contribution in [0.5, 0.6) is 0 Å². The third kappa shape index (κ3) is 7.67. The number of methoxy groups -OCH3 is 1. The predicted octanol–water partition coefficient (Wildman–Crippen LogP) is 2.39. The highest BCUT2D eigenvalue weighted by Gasteiger charge is 2.21. The minimum absolute atomic E-state index is 0. The molecule has 0 saturated carbocycles. The molecule has 0 saturated heterocycles. The molecule has 0 aliphatic rings. The maximum atomic E-state index is 11.7. The number of hydrogen-bond donors (Lipinski definition) is 2. The number of halogens is 2. The van der Waals surface area contributed by atoms with Gasteiger partial charge >= 0.3 is 0 Å². The molecule has 0 aliphatic carbocycles. The topological polar surface area (TPSA) is 50.4 Å². The molecule has 21 heavy (non-hydrogen) atoms. The summed E-state index contributed by atoms with van der Waals surface area (Å²) in [6.07, 6.45) is 0. The van der Waals surface area contributed by atoms with Gasteiger partial charge in [0.15, 0.2) is 0 Å². The average molecular weight is 335 g/mol. The zero-order chi connectivity index (χ0) is 15.0. The van der Waals surface area contributed by atoms with Crippen LogP contribution >= 0.6 is 24.0 Å². The molecule has 6 heteroatoms. The van der Waals surface area contributed by atoms with Crippen LogP contribution in [-0.2, 0) is 14.9 Å². The number of rotatable bonds is 8. The molecule has 4 nitrogen and oxygen atoms in total. The van der Waals surface area contributed by atoms with Crippen LogP contribution < -0.4 is 10.6 Å². The number of carbonyl (C=O) groups excluding carboxylic acids is 1. The zero-order valence-corrected chi connectivity index (χ0v) is 14.3. The van der Waals surface area contributed by atoms with E-state index in [-0.39, 0.29) is 23.7 Å². The highest BCUT2D eigenvalue weighted by molar-refractivity contribution is 6.30.